The van der Waals surface area contributed by atoms with Gasteiger partial charge in [-0.25, -0.2) is 4.39 Å². The highest BCUT2D eigenvalue weighted by atomic mass is 19.1. The second kappa shape index (κ2) is 5.33. The van der Waals surface area contributed by atoms with Gasteiger partial charge in [0.2, 0.25) is 0 Å². The molecule has 0 amide bonds. The van der Waals surface area contributed by atoms with E-state index in [1.165, 1.54) is 12.1 Å². The minimum absolute atomic E-state index is 0.338. The maximum Gasteiger partial charge on any atom is 0.126 e. The topological polar surface area (TPSA) is 27.0 Å². The fourth-order valence-electron chi connectivity index (χ4n) is 1.81. The SMILES string of the molecule is CN(Cc1ccccc1)c1cc(F)cc(C#N)c1. The van der Waals surface area contributed by atoms with Crippen LogP contribution in [0.5, 0.6) is 0 Å². The molecule has 90 valence electrons. The Morgan fingerprint density at radius 2 is 1.89 bits per heavy atom. The van der Waals surface area contributed by atoms with Crippen LogP contribution in [0.2, 0.25) is 0 Å². The first-order valence-electron chi connectivity index (χ1n) is 5.65. The third-order valence-corrected chi connectivity index (χ3v) is 2.71. The maximum absolute atomic E-state index is 13.3. The summed E-state index contributed by atoms with van der Waals surface area (Å²) in [7, 11) is 1.88. The van der Waals surface area contributed by atoms with Crippen molar-refractivity contribution in [1.82, 2.24) is 0 Å². The van der Waals surface area contributed by atoms with Crippen molar-refractivity contribution < 1.29 is 4.39 Å². The molecule has 0 radical (unpaired) electrons. The summed E-state index contributed by atoms with van der Waals surface area (Å²) in [4.78, 5) is 1.92. The molecule has 0 aliphatic heterocycles. The third-order valence-electron chi connectivity index (χ3n) is 2.71. The Morgan fingerprint density at radius 1 is 1.17 bits per heavy atom. The first kappa shape index (κ1) is 12.1. The molecule has 2 nitrogen and oxygen atoms in total. The number of nitriles is 1. The predicted molar refractivity (Wildman–Crippen MR) is 69.7 cm³/mol. The molecule has 0 bridgehead atoms. The second-order valence-electron chi connectivity index (χ2n) is 4.15. The van der Waals surface area contributed by atoms with Gasteiger partial charge in [-0.1, -0.05) is 30.3 Å². The Labute approximate surface area is 106 Å². The molecule has 0 saturated heterocycles. The molecule has 2 aromatic rings. The van der Waals surface area contributed by atoms with Gasteiger partial charge in [0.15, 0.2) is 0 Å². The van der Waals surface area contributed by atoms with Crippen LogP contribution in [0.25, 0.3) is 0 Å². The van der Waals surface area contributed by atoms with Gasteiger partial charge in [-0.3, -0.25) is 0 Å². The van der Waals surface area contributed by atoms with E-state index in [1.807, 2.05) is 48.3 Å². The first-order chi connectivity index (χ1) is 8.69. The molecular formula is C15H13FN2. The van der Waals surface area contributed by atoms with E-state index < -0.39 is 0 Å². The summed E-state index contributed by atoms with van der Waals surface area (Å²) in [5.74, 6) is -0.385. The van der Waals surface area contributed by atoms with Crippen LogP contribution in [-0.2, 0) is 6.54 Å². The minimum Gasteiger partial charge on any atom is -0.370 e. The molecular weight excluding hydrogens is 227 g/mol. The molecule has 0 fully saturated rings. The van der Waals surface area contributed by atoms with Crippen LogP contribution in [0.1, 0.15) is 11.1 Å². The summed E-state index contributed by atoms with van der Waals surface area (Å²) < 4.78 is 13.3. The van der Waals surface area contributed by atoms with E-state index in [0.717, 1.165) is 5.56 Å². The molecule has 0 spiro atoms. The van der Waals surface area contributed by atoms with E-state index in [4.69, 9.17) is 5.26 Å². The van der Waals surface area contributed by atoms with Crippen molar-refractivity contribution in [2.45, 2.75) is 6.54 Å². The number of nitrogens with zero attached hydrogens (tertiary/aromatic N) is 2. The fourth-order valence-corrected chi connectivity index (χ4v) is 1.81. The van der Waals surface area contributed by atoms with Crippen LogP contribution >= 0.6 is 0 Å². The molecule has 0 saturated carbocycles. The van der Waals surface area contributed by atoms with Crippen molar-refractivity contribution in [3.05, 3.63) is 65.5 Å². The van der Waals surface area contributed by atoms with Gasteiger partial charge in [-0.05, 0) is 23.8 Å². The predicted octanol–water partition coefficient (Wildman–Crippen LogP) is 3.33. The molecule has 0 unspecified atom stereocenters. The van der Waals surface area contributed by atoms with E-state index in [-0.39, 0.29) is 5.82 Å². The number of hydrogen-bond acceptors (Lipinski definition) is 2. The number of hydrogen-bond donors (Lipinski definition) is 0. The molecule has 0 heterocycles. The zero-order valence-corrected chi connectivity index (χ0v) is 10.1. The smallest absolute Gasteiger partial charge is 0.126 e. The lowest BCUT2D eigenvalue weighted by Gasteiger charge is -2.19. The van der Waals surface area contributed by atoms with Gasteiger partial charge in [-0.2, -0.15) is 5.26 Å². The molecule has 0 aliphatic carbocycles. The second-order valence-corrected chi connectivity index (χ2v) is 4.15. The van der Waals surface area contributed by atoms with E-state index in [1.54, 1.807) is 6.07 Å². The summed E-state index contributed by atoms with van der Waals surface area (Å²) in [6, 6.07) is 16.2. The summed E-state index contributed by atoms with van der Waals surface area (Å²) in [6.07, 6.45) is 0. The summed E-state index contributed by atoms with van der Waals surface area (Å²) in [5.41, 5.74) is 2.18. The largest absolute Gasteiger partial charge is 0.370 e. The summed E-state index contributed by atoms with van der Waals surface area (Å²) >= 11 is 0. The van der Waals surface area contributed by atoms with E-state index in [0.29, 0.717) is 17.8 Å². The van der Waals surface area contributed by atoms with E-state index >= 15 is 0 Å². The van der Waals surface area contributed by atoms with Gasteiger partial charge in [0, 0.05) is 19.3 Å². The number of benzene rings is 2. The van der Waals surface area contributed by atoms with Crippen molar-refractivity contribution in [1.29, 1.82) is 5.26 Å². The standard InChI is InChI=1S/C15H13FN2/c1-18(11-12-5-3-2-4-6-12)15-8-13(10-17)7-14(16)9-15/h2-9H,11H2,1H3. The molecule has 0 aromatic heterocycles. The number of halogens is 1. The lowest BCUT2D eigenvalue weighted by molar-refractivity contribution is 0.626. The Hall–Kier alpha value is -2.34. The highest BCUT2D eigenvalue weighted by molar-refractivity contribution is 5.51. The molecule has 3 heteroatoms. The van der Waals surface area contributed by atoms with Crippen molar-refractivity contribution in [3.8, 4) is 6.07 Å². The van der Waals surface area contributed by atoms with Crippen LogP contribution in [0.15, 0.2) is 48.5 Å². The molecule has 0 aliphatic rings. The van der Waals surface area contributed by atoms with E-state index in [9.17, 15) is 4.39 Å². The minimum atomic E-state index is -0.385. The van der Waals surface area contributed by atoms with Crippen LogP contribution in [0, 0.1) is 17.1 Å². The monoisotopic (exact) mass is 240 g/mol. The van der Waals surface area contributed by atoms with Crippen LogP contribution in [-0.4, -0.2) is 7.05 Å². The lowest BCUT2D eigenvalue weighted by atomic mass is 10.1. The van der Waals surface area contributed by atoms with E-state index in [2.05, 4.69) is 0 Å². The van der Waals surface area contributed by atoms with Crippen molar-refractivity contribution in [2.24, 2.45) is 0 Å². The number of anilines is 1. The maximum atomic E-state index is 13.3. The van der Waals surface area contributed by atoms with Crippen LogP contribution < -0.4 is 4.90 Å². The Kier molecular flexibility index (Phi) is 3.59. The average Bonchev–Trinajstić information content (AvgIpc) is 2.39. The van der Waals surface area contributed by atoms with Gasteiger partial charge in [0.25, 0.3) is 0 Å². The zero-order chi connectivity index (χ0) is 13.0. The molecule has 2 rings (SSSR count). The Morgan fingerprint density at radius 3 is 2.56 bits per heavy atom. The molecule has 0 atom stereocenters. The third kappa shape index (κ3) is 2.86. The van der Waals surface area contributed by atoms with Crippen LogP contribution in [0.3, 0.4) is 0 Å². The highest BCUT2D eigenvalue weighted by Gasteiger charge is 2.05. The quantitative estimate of drug-likeness (QED) is 0.822. The lowest BCUT2D eigenvalue weighted by Crippen LogP contribution is -2.16. The normalized spacial score (nSPS) is 9.83. The fraction of sp³-hybridized carbons (Fsp3) is 0.133. The zero-order valence-electron chi connectivity index (χ0n) is 10.1. The molecule has 18 heavy (non-hydrogen) atoms. The van der Waals surface area contributed by atoms with Crippen LogP contribution in [0.4, 0.5) is 10.1 Å². The number of rotatable bonds is 3. The molecule has 2 aromatic carbocycles. The van der Waals surface area contributed by atoms with Crippen molar-refractivity contribution >= 4 is 5.69 Å². The van der Waals surface area contributed by atoms with Gasteiger partial charge in [0.05, 0.1) is 11.6 Å². The van der Waals surface area contributed by atoms with Gasteiger partial charge < -0.3 is 4.90 Å². The Bertz CT molecular complexity index is 573. The van der Waals surface area contributed by atoms with Gasteiger partial charge >= 0.3 is 0 Å². The Balaban J connectivity index is 2.21. The van der Waals surface area contributed by atoms with Crippen molar-refractivity contribution in [3.63, 3.8) is 0 Å². The molecule has 0 N–H and O–H groups in total. The van der Waals surface area contributed by atoms with Crippen molar-refractivity contribution in [2.75, 3.05) is 11.9 Å². The highest BCUT2D eigenvalue weighted by Crippen LogP contribution is 2.19. The summed E-state index contributed by atoms with van der Waals surface area (Å²) in [6.45, 7) is 0.676. The van der Waals surface area contributed by atoms with Gasteiger partial charge in [-0.15, -0.1) is 0 Å². The summed E-state index contributed by atoms with van der Waals surface area (Å²) in [5, 5.41) is 8.82. The first-order valence-corrected chi connectivity index (χ1v) is 5.65. The van der Waals surface area contributed by atoms with Gasteiger partial charge in [0.1, 0.15) is 5.82 Å². The average molecular weight is 240 g/mol.